The molecule has 0 saturated heterocycles. The second-order valence-corrected chi connectivity index (χ2v) is 6.38. The van der Waals surface area contributed by atoms with Crippen LogP contribution >= 0.6 is 0 Å². The van der Waals surface area contributed by atoms with Gasteiger partial charge in [-0.05, 0) is 60.6 Å². The molecular formula is C21H27NO2. The van der Waals surface area contributed by atoms with Gasteiger partial charge >= 0.3 is 5.97 Å². The van der Waals surface area contributed by atoms with E-state index < -0.39 is 0 Å². The van der Waals surface area contributed by atoms with Crippen LogP contribution in [0, 0.1) is 6.92 Å². The largest absolute Gasteiger partial charge is 0.465 e. The Hall–Kier alpha value is -2.29. The van der Waals surface area contributed by atoms with E-state index in [2.05, 4.69) is 56.4 Å². The number of carbonyl (C=O) groups is 1. The zero-order chi connectivity index (χ0) is 17.5. The number of esters is 1. The lowest BCUT2D eigenvalue weighted by atomic mass is 9.93. The molecule has 128 valence electrons. The van der Waals surface area contributed by atoms with Gasteiger partial charge < -0.3 is 10.1 Å². The zero-order valence-electron chi connectivity index (χ0n) is 15.1. The highest BCUT2D eigenvalue weighted by Crippen LogP contribution is 2.22. The molecule has 0 aromatic heterocycles. The van der Waals surface area contributed by atoms with Gasteiger partial charge in [0.1, 0.15) is 6.54 Å². The molecule has 0 aliphatic rings. The molecule has 2 rings (SSSR count). The lowest BCUT2D eigenvalue weighted by molar-refractivity contribution is -0.140. The van der Waals surface area contributed by atoms with E-state index in [1.54, 1.807) is 0 Å². The summed E-state index contributed by atoms with van der Waals surface area (Å²) in [5.74, 6) is 0.307. The molecule has 0 radical (unpaired) electrons. The van der Waals surface area contributed by atoms with Gasteiger partial charge in [-0.15, -0.1) is 0 Å². The van der Waals surface area contributed by atoms with Crippen LogP contribution in [0.3, 0.4) is 0 Å². The van der Waals surface area contributed by atoms with Crippen LogP contribution in [0.25, 0.3) is 0 Å². The first-order chi connectivity index (χ1) is 11.5. The molecule has 0 aliphatic heterocycles. The van der Waals surface area contributed by atoms with Crippen molar-refractivity contribution >= 4 is 11.7 Å². The second-order valence-electron chi connectivity index (χ2n) is 6.38. The minimum atomic E-state index is -0.234. The highest BCUT2D eigenvalue weighted by Gasteiger charge is 2.06. The molecule has 3 nitrogen and oxygen atoms in total. The average molecular weight is 325 g/mol. The lowest BCUT2D eigenvalue weighted by Crippen LogP contribution is -2.16. The number of hydrogen-bond acceptors (Lipinski definition) is 3. The van der Waals surface area contributed by atoms with E-state index in [9.17, 15) is 4.79 Å². The minimum absolute atomic E-state index is 0.197. The molecule has 0 unspecified atom stereocenters. The summed E-state index contributed by atoms with van der Waals surface area (Å²) in [7, 11) is 0. The summed E-state index contributed by atoms with van der Waals surface area (Å²) in [6.07, 6.45) is 0.915. The number of benzene rings is 2. The number of carbonyl (C=O) groups excluding carboxylic acids is 1. The molecular weight excluding hydrogens is 298 g/mol. The van der Waals surface area contributed by atoms with Gasteiger partial charge in [-0.3, -0.25) is 4.79 Å². The topological polar surface area (TPSA) is 38.3 Å². The number of hydrogen-bond donors (Lipinski definition) is 1. The van der Waals surface area contributed by atoms with Crippen molar-refractivity contribution in [1.82, 2.24) is 0 Å². The summed E-state index contributed by atoms with van der Waals surface area (Å²) in [5, 5.41) is 3.08. The maximum absolute atomic E-state index is 11.4. The van der Waals surface area contributed by atoms with Gasteiger partial charge in [0, 0.05) is 5.69 Å². The molecule has 0 aliphatic carbocycles. The molecule has 24 heavy (non-hydrogen) atoms. The standard InChI is InChI=1S/C21H27NO2/c1-5-24-21(23)14-22-19-10-8-17(9-11-19)12-18-7-6-16(4)20(13-18)15(2)3/h6-11,13,15,22H,5,12,14H2,1-4H3. The number of anilines is 1. The van der Waals surface area contributed by atoms with E-state index in [0.29, 0.717) is 12.5 Å². The third-order valence-corrected chi connectivity index (χ3v) is 4.07. The highest BCUT2D eigenvalue weighted by molar-refractivity contribution is 5.74. The molecule has 1 N–H and O–H groups in total. The number of aryl methyl sites for hydroxylation is 1. The van der Waals surface area contributed by atoms with Gasteiger partial charge in [0.15, 0.2) is 0 Å². The van der Waals surface area contributed by atoms with Gasteiger partial charge in [0.05, 0.1) is 6.61 Å². The summed E-state index contributed by atoms with van der Waals surface area (Å²) < 4.78 is 4.90. The van der Waals surface area contributed by atoms with E-state index in [-0.39, 0.29) is 12.5 Å². The smallest absolute Gasteiger partial charge is 0.325 e. The monoisotopic (exact) mass is 325 g/mol. The Labute approximate surface area is 145 Å². The second kappa shape index (κ2) is 8.53. The van der Waals surface area contributed by atoms with Crippen molar-refractivity contribution in [3.8, 4) is 0 Å². The van der Waals surface area contributed by atoms with E-state index in [0.717, 1.165) is 12.1 Å². The Morgan fingerprint density at radius 1 is 1.08 bits per heavy atom. The fraction of sp³-hybridized carbons (Fsp3) is 0.381. The normalized spacial score (nSPS) is 10.7. The predicted octanol–water partition coefficient (Wildman–Crippen LogP) is 4.68. The summed E-state index contributed by atoms with van der Waals surface area (Å²) in [5.41, 5.74) is 6.29. The van der Waals surface area contributed by atoms with E-state index >= 15 is 0 Å². The van der Waals surface area contributed by atoms with Gasteiger partial charge in [-0.25, -0.2) is 0 Å². The van der Waals surface area contributed by atoms with Crippen LogP contribution in [0.5, 0.6) is 0 Å². The van der Waals surface area contributed by atoms with E-state index in [1.807, 2.05) is 19.1 Å². The molecule has 0 spiro atoms. The molecule has 0 amide bonds. The minimum Gasteiger partial charge on any atom is -0.465 e. The van der Waals surface area contributed by atoms with Crippen LogP contribution in [0.2, 0.25) is 0 Å². The third-order valence-electron chi connectivity index (χ3n) is 4.07. The first kappa shape index (κ1) is 18.1. The van der Waals surface area contributed by atoms with Gasteiger partial charge in [-0.2, -0.15) is 0 Å². The van der Waals surface area contributed by atoms with Crippen LogP contribution < -0.4 is 5.32 Å². The molecule has 0 heterocycles. The average Bonchev–Trinajstić information content (AvgIpc) is 2.56. The Bertz CT molecular complexity index is 675. The maximum Gasteiger partial charge on any atom is 0.325 e. The van der Waals surface area contributed by atoms with E-state index in [1.165, 1.54) is 22.3 Å². The molecule has 2 aromatic rings. The Kier molecular flexibility index (Phi) is 6.42. The van der Waals surface area contributed by atoms with Crippen LogP contribution in [0.1, 0.15) is 48.9 Å². The molecule has 3 heteroatoms. The van der Waals surface area contributed by atoms with Crippen LogP contribution in [-0.4, -0.2) is 19.1 Å². The van der Waals surface area contributed by atoms with Crippen molar-refractivity contribution in [3.63, 3.8) is 0 Å². The lowest BCUT2D eigenvalue weighted by Gasteiger charge is -2.12. The summed E-state index contributed by atoms with van der Waals surface area (Å²) in [4.78, 5) is 11.4. The van der Waals surface area contributed by atoms with Crippen molar-refractivity contribution in [1.29, 1.82) is 0 Å². The molecule has 0 atom stereocenters. The van der Waals surface area contributed by atoms with Crippen LogP contribution in [0.15, 0.2) is 42.5 Å². The molecule has 0 bridgehead atoms. The number of nitrogens with one attached hydrogen (secondary N) is 1. The first-order valence-electron chi connectivity index (χ1n) is 8.57. The van der Waals surface area contributed by atoms with Crippen LogP contribution in [0.4, 0.5) is 5.69 Å². The number of ether oxygens (including phenoxy) is 1. The zero-order valence-corrected chi connectivity index (χ0v) is 15.1. The molecule has 2 aromatic carbocycles. The third kappa shape index (κ3) is 5.12. The predicted molar refractivity (Wildman–Crippen MR) is 99.6 cm³/mol. The first-order valence-corrected chi connectivity index (χ1v) is 8.57. The van der Waals surface area contributed by atoms with E-state index in [4.69, 9.17) is 4.74 Å². The summed E-state index contributed by atoms with van der Waals surface area (Å²) >= 11 is 0. The fourth-order valence-electron chi connectivity index (χ4n) is 2.78. The fourth-order valence-corrected chi connectivity index (χ4v) is 2.78. The van der Waals surface area contributed by atoms with Crippen molar-refractivity contribution in [3.05, 3.63) is 64.7 Å². The van der Waals surface area contributed by atoms with Gasteiger partial charge in [0.2, 0.25) is 0 Å². The van der Waals surface area contributed by atoms with Gasteiger partial charge in [-0.1, -0.05) is 44.2 Å². The number of rotatable bonds is 7. The van der Waals surface area contributed by atoms with Crippen molar-refractivity contribution in [2.75, 3.05) is 18.5 Å². The summed E-state index contributed by atoms with van der Waals surface area (Å²) in [6, 6.07) is 14.9. The quantitative estimate of drug-likeness (QED) is 0.751. The van der Waals surface area contributed by atoms with Crippen molar-refractivity contribution in [2.24, 2.45) is 0 Å². The Balaban J connectivity index is 1.99. The highest BCUT2D eigenvalue weighted by atomic mass is 16.5. The Morgan fingerprint density at radius 3 is 2.38 bits per heavy atom. The van der Waals surface area contributed by atoms with Gasteiger partial charge in [0.25, 0.3) is 0 Å². The molecule has 0 saturated carbocycles. The summed E-state index contributed by atoms with van der Waals surface area (Å²) in [6.45, 7) is 9.05. The molecule has 0 fully saturated rings. The van der Waals surface area contributed by atoms with Crippen molar-refractivity contribution in [2.45, 2.75) is 40.0 Å². The maximum atomic E-state index is 11.4. The Morgan fingerprint density at radius 2 is 1.75 bits per heavy atom. The SMILES string of the molecule is CCOC(=O)CNc1ccc(Cc2ccc(C)c(C(C)C)c2)cc1. The van der Waals surface area contributed by atoms with Crippen molar-refractivity contribution < 1.29 is 9.53 Å². The van der Waals surface area contributed by atoms with Crippen LogP contribution in [-0.2, 0) is 16.0 Å².